The summed E-state index contributed by atoms with van der Waals surface area (Å²) in [6.45, 7) is 0. The van der Waals surface area contributed by atoms with Gasteiger partial charge in [0.1, 0.15) is 28.4 Å². The Morgan fingerprint density at radius 3 is 2.63 bits per heavy atom. The Labute approximate surface area is 169 Å². The molecular formula is C20H20F2N6O2. The van der Waals surface area contributed by atoms with Gasteiger partial charge in [0.25, 0.3) is 0 Å². The minimum Gasteiger partial charge on any atom is -0.481 e. The lowest BCUT2D eigenvalue weighted by Gasteiger charge is -2.47. The number of aliphatic carboxylic acids is 1. The smallest absolute Gasteiger partial charge is 0.308 e. The highest BCUT2D eigenvalue weighted by Gasteiger charge is 2.47. The zero-order chi connectivity index (χ0) is 21.0. The summed E-state index contributed by atoms with van der Waals surface area (Å²) in [6.07, 6.45) is 5.65. The number of rotatable bonds is 4. The number of carboxylic acid groups (broad SMARTS) is 1. The quantitative estimate of drug-likeness (QED) is 0.516. The second-order valence-electron chi connectivity index (χ2n) is 8.07. The summed E-state index contributed by atoms with van der Waals surface area (Å²) >= 11 is 0. The van der Waals surface area contributed by atoms with Crippen molar-refractivity contribution in [2.24, 2.45) is 17.8 Å². The predicted octanol–water partition coefficient (Wildman–Crippen LogP) is 3.18. The van der Waals surface area contributed by atoms with E-state index in [2.05, 4.69) is 25.5 Å². The number of aromatic nitrogens is 4. The molecule has 0 aromatic carbocycles. The van der Waals surface area contributed by atoms with E-state index >= 15 is 0 Å². The van der Waals surface area contributed by atoms with Crippen LogP contribution in [-0.2, 0) is 4.79 Å². The molecule has 10 heteroatoms. The number of aromatic amines is 1. The lowest BCUT2D eigenvalue weighted by Crippen LogP contribution is -2.51. The van der Waals surface area contributed by atoms with Crippen LogP contribution in [-0.4, -0.2) is 37.3 Å². The lowest BCUT2D eigenvalue weighted by atomic mass is 9.61. The van der Waals surface area contributed by atoms with Gasteiger partial charge in [-0.1, -0.05) is 0 Å². The van der Waals surface area contributed by atoms with E-state index in [1.807, 2.05) is 0 Å². The minimum absolute atomic E-state index is 0.0703. The van der Waals surface area contributed by atoms with E-state index in [-0.39, 0.29) is 46.2 Å². The zero-order valence-electron chi connectivity index (χ0n) is 15.9. The van der Waals surface area contributed by atoms with E-state index in [1.54, 1.807) is 0 Å². The van der Waals surface area contributed by atoms with Crippen molar-refractivity contribution < 1.29 is 18.7 Å². The fraction of sp³-hybridized carbons (Fsp3) is 0.400. The topological polar surface area (TPSA) is 130 Å². The zero-order valence-corrected chi connectivity index (χ0v) is 15.9. The van der Waals surface area contributed by atoms with Gasteiger partial charge in [0.2, 0.25) is 0 Å². The van der Waals surface area contributed by atoms with Crippen molar-refractivity contribution in [1.82, 2.24) is 20.2 Å². The Hall–Kier alpha value is -3.30. The number of nitrogens with one attached hydrogen (secondary N) is 2. The average Bonchev–Trinajstić information content (AvgIpc) is 3.16. The first kappa shape index (κ1) is 18.7. The van der Waals surface area contributed by atoms with Crippen LogP contribution in [0.25, 0.3) is 22.3 Å². The molecule has 0 amide bonds. The lowest BCUT2D eigenvalue weighted by molar-refractivity contribution is -0.148. The van der Waals surface area contributed by atoms with Crippen LogP contribution < -0.4 is 11.1 Å². The molecular weight excluding hydrogens is 394 g/mol. The Morgan fingerprint density at radius 2 is 1.90 bits per heavy atom. The SMILES string of the molecule is Nc1ncc(F)cc1-c1n[nH]c2c(N[C@H]3C4CCC(CC4)[C@@H]3C(=O)O)c(F)cnc12. The number of pyridine rings is 2. The number of anilines is 2. The van der Waals surface area contributed by atoms with Crippen LogP contribution in [0.5, 0.6) is 0 Å². The van der Waals surface area contributed by atoms with E-state index in [1.165, 1.54) is 6.07 Å². The van der Waals surface area contributed by atoms with Crippen LogP contribution >= 0.6 is 0 Å². The normalized spacial score (nSPS) is 25.5. The predicted molar refractivity (Wildman–Crippen MR) is 105 cm³/mol. The van der Waals surface area contributed by atoms with Crippen LogP contribution in [0.3, 0.4) is 0 Å². The molecule has 6 rings (SSSR count). The third-order valence-corrected chi connectivity index (χ3v) is 6.49. The van der Waals surface area contributed by atoms with Crippen LogP contribution in [0.4, 0.5) is 20.3 Å². The third kappa shape index (κ3) is 2.86. The summed E-state index contributed by atoms with van der Waals surface area (Å²) in [7, 11) is 0. The number of nitrogen functional groups attached to an aromatic ring is 1. The van der Waals surface area contributed by atoms with Crippen LogP contribution in [0.2, 0.25) is 0 Å². The molecule has 2 bridgehead atoms. The fourth-order valence-corrected chi connectivity index (χ4v) is 5.09. The van der Waals surface area contributed by atoms with Crippen molar-refractivity contribution in [3.8, 4) is 11.3 Å². The number of nitrogens with zero attached hydrogens (tertiary/aromatic N) is 3. The molecule has 3 heterocycles. The monoisotopic (exact) mass is 414 g/mol. The highest BCUT2D eigenvalue weighted by molar-refractivity contribution is 5.98. The molecule has 0 radical (unpaired) electrons. The van der Waals surface area contributed by atoms with Crippen molar-refractivity contribution in [1.29, 1.82) is 0 Å². The van der Waals surface area contributed by atoms with Crippen molar-refractivity contribution >= 4 is 28.5 Å². The maximum atomic E-state index is 14.8. The second-order valence-corrected chi connectivity index (χ2v) is 8.07. The Bertz CT molecular complexity index is 1140. The highest BCUT2D eigenvalue weighted by atomic mass is 19.1. The largest absolute Gasteiger partial charge is 0.481 e. The number of hydrogen-bond donors (Lipinski definition) is 4. The van der Waals surface area contributed by atoms with Gasteiger partial charge in [0.05, 0.1) is 24.0 Å². The van der Waals surface area contributed by atoms with E-state index in [0.29, 0.717) is 5.52 Å². The second kappa shape index (κ2) is 6.89. The Balaban J connectivity index is 1.59. The number of nitrogens with two attached hydrogens (primary N) is 1. The number of hydrogen-bond acceptors (Lipinski definition) is 6. The van der Waals surface area contributed by atoms with E-state index < -0.39 is 23.5 Å². The number of H-pyrrole nitrogens is 1. The third-order valence-electron chi connectivity index (χ3n) is 6.49. The molecule has 0 spiro atoms. The molecule has 5 N–H and O–H groups in total. The molecule has 3 saturated carbocycles. The van der Waals surface area contributed by atoms with E-state index in [9.17, 15) is 18.7 Å². The van der Waals surface area contributed by atoms with Gasteiger partial charge in [-0.3, -0.25) is 9.89 Å². The molecule has 0 aliphatic heterocycles. The number of halogens is 2. The first-order valence-electron chi connectivity index (χ1n) is 9.87. The van der Waals surface area contributed by atoms with E-state index in [4.69, 9.17) is 5.73 Å². The van der Waals surface area contributed by atoms with Crippen molar-refractivity contribution in [3.63, 3.8) is 0 Å². The molecule has 0 saturated heterocycles. The summed E-state index contributed by atoms with van der Waals surface area (Å²) in [5.41, 5.74) is 7.05. The van der Waals surface area contributed by atoms with Gasteiger partial charge in [-0.15, -0.1) is 0 Å². The number of carbonyl (C=O) groups is 1. The minimum atomic E-state index is -0.864. The average molecular weight is 414 g/mol. The molecule has 3 aromatic heterocycles. The van der Waals surface area contributed by atoms with Gasteiger partial charge in [0, 0.05) is 11.6 Å². The molecule has 2 atom stereocenters. The Morgan fingerprint density at radius 1 is 1.17 bits per heavy atom. The van der Waals surface area contributed by atoms with Crippen molar-refractivity contribution in [2.45, 2.75) is 31.7 Å². The molecule has 3 aliphatic carbocycles. The summed E-state index contributed by atoms with van der Waals surface area (Å²) < 4.78 is 28.5. The molecule has 0 unspecified atom stereocenters. The van der Waals surface area contributed by atoms with Gasteiger partial charge < -0.3 is 16.2 Å². The van der Waals surface area contributed by atoms with Crippen LogP contribution in [0, 0.1) is 29.4 Å². The van der Waals surface area contributed by atoms with Gasteiger partial charge in [0.15, 0.2) is 5.82 Å². The number of carboxylic acids is 1. The molecule has 3 aliphatic rings. The first-order valence-corrected chi connectivity index (χ1v) is 9.87. The number of fused-ring (bicyclic) bond motifs is 4. The molecule has 8 nitrogen and oxygen atoms in total. The van der Waals surface area contributed by atoms with Crippen LogP contribution in [0.1, 0.15) is 25.7 Å². The summed E-state index contributed by atoms with van der Waals surface area (Å²) in [5.74, 6) is -2.33. The molecule has 3 fully saturated rings. The molecule has 3 aromatic rings. The van der Waals surface area contributed by atoms with Gasteiger partial charge in [-0.05, 0) is 43.6 Å². The summed E-state index contributed by atoms with van der Waals surface area (Å²) in [4.78, 5) is 19.8. The van der Waals surface area contributed by atoms with Crippen molar-refractivity contribution in [3.05, 3.63) is 30.1 Å². The Kier molecular flexibility index (Phi) is 4.30. The highest BCUT2D eigenvalue weighted by Crippen LogP contribution is 2.47. The standard InChI is InChI=1S/C20H20F2N6O2/c21-10-5-11(19(23)25-6-10)15-17-18(28-27-15)16(12(22)7-24-17)26-14-9-3-1-8(2-4-9)13(14)20(29)30/h5-9,13-14H,1-4H2,(H2,23,25)(H,24,26)(H,27,28)(H,29,30)/t8?,9?,13-,14-/m0/s1. The molecule has 30 heavy (non-hydrogen) atoms. The van der Waals surface area contributed by atoms with Gasteiger partial charge in [-0.25, -0.2) is 18.7 Å². The first-order chi connectivity index (χ1) is 14.4. The van der Waals surface area contributed by atoms with Gasteiger partial charge in [-0.2, -0.15) is 5.10 Å². The van der Waals surface area contributed by atoms with Crippen LogP contribution in [0.15, 0.2) is 18.5 Å². The fourth-order valence-electron chi connectivity index (χ4n) is 5.09. The molecule has 156 valence electrons. The summed E-state index contributed by atoms with van der Waals surface area (Å²) in [5, 5.41) is 19.9. The van der Waals surface area contributed by atoms with E-state index in [0.717, 1.165) is 38.1 Å². The maximum Gasteiger partial charge on any atom is 0.308 e. The van der Waals surface area contributed by atoms with Crippen molar-refractivity contribution in [2.75, 3.05) is 11.1 Å². The van der Waals surface area contributed by atoms with Gasteiger partial charge >= 0.3 is 5.97 Å². The maximum absolute atomic E-state index is 14.8. The summed E-state index contributed by atoms with van der Waals surface area (Å²) in [6, 6.07) is 0.805.